The predicted molar refractivity (Wildman–Crippen MR) is 125 cm³/mol. The van der Waals surface area contributed by atoms with E-state index < -0.39 is 0 Å². The first-order valence-electron chi connectivity index (χ1n) is 11.8. The summed E-state index contributed by atoms with van der Waals surface area (Å²) in [7, 11) is 0. The molecule has 1 saturated carbocycles. The van der Waals surface area contributed by atoms with E-state index in [-0.39, 0.29) is 18.0 Å². The van der Waals surface area contributed by atoms with E-state index in [1.807, 2.05) is 31.2 Å². The van der Waals surface area contributed by atoms with Crippen LogP contribution in [0.4, 0.5) is 0 Å². The van der Waals surface area contributed by atoms with Crippen molar-refractivity contribution >= 4 is 16.8 Å². The van der Waals surface area contributed by atoms with Gasteiger partial charge in [-0.2, -0.15) is 5.10 Å². The lowest BCUT2D eigenvalue weighted by Crippen LogP contribution is -2.30. The molecule has 5 rings (SSSR count). The van der Waals surface area contributed by atoms with Crippen LogP contribution in [0.1, 0.15) is 71.7 Å². The molecule has 1 amide bonds. The van der Waals surface area contributed by atoms with Crippen molar-refractivity contribution in [2.24, 2.45) is 0 Å². The molecule has 168 valence electrons. The SMILES string of the molecule is Cc1cc(CN2CCCC2)c(CNC(=O)c2cccc3c2cnn3C2CCCC2)c(=O)[nH]1. The van der Waals surface area contributed by atoms with Gasteiger partial charge in [0.1, 0.15) is 0 Å². The molecule has 3 heterocycles. The third-order valence-corrected chi connectivity index (χ3v) is 6.94. The summed E-state index contributed by atoms with van der Waals surface area (Å²) in [4.78, 5) is 31.1. The summed E-state index contributed by atoms with van der Waals surface area (Å²) in [5.41, 5.74) is 3.99. The average molecular weight is 434 g/mol. The Morgan fingerprint density at radius 3 is 2.75 bits per heavy atom. The van der Waals surface area contributed by atoms with E-state index in [0.29, 0.717) is 17.2 Å². The maximum Gasteiger partial charge on any atom is 0.253 e. The second-order valence-electron chi connectivity index (χ2n) is 9.22. The Kier molecular flexibility index (Phi) is 5.83. The number of hydrogen-bond acceptors (Lipinski definition) is 4. The van der Waals surface area contributed by atoms with Crippen molar-refractivity contribution in [3.05, 3.63) is 63.2 Å². The summed E-state index contributed by atoms with van der Waals surface area (Å²) in [6.45, 7) is 4.99. The summed E-state index contributed by atoms with van der Waals surface area (Å²) in [5, 5.41) is 8.48. The summed E-state index contributed by atoms with van der Waals surface area (Å²) in [6, 6.07) is 8.25. The third kappa shape index (κ3) is 4.09. The monoisotopic (exact) mass is 433 g/mol. The Morgan fingerprint density at radius 1 is 1.19 bits per heavy atom. The third-order valence-electron chi connectivity index (χ3n) is 6.94. The smallest absolute Gasteiger partial charge is 0.253 e. The van der Waals surface area contributed by atoms with Crippen molar-refractivity contribution in [2.75, 3.05) is 13.1 Å². The molecule has 0 atom stereocenters. The number of pyridine rings is 1. The molecule has 0 unspecified atom stereocenters. The number of nitrogens with zero attached hydrogens (tertiary/aromatic N) is 3. The van der Waals surface area contributed by atoms with Gasteiger partial charge in [0.05, 0.1) is 23.3 Å². The minimum Gasteiger partial charge on any atom is -0.348 e. The van der Waals surface area contributed by atoms with Gasteiger partial charge in [0.2, 0.25) is 0 Å². The van der Waals surface area contributed by atoms with Crippen LogP contribution in [0, 0.1) is 6.92 Å². The highest BCUT2D eigenvalue weighted by molar-refractivity contribution is 6.06. The molecule has 1 aliphatic heterocycles. The minimum absolute atomic E-state index is 0.119. The lowest BCUT2D eigenvalue weighted by molar-refractivity contribution is 0.0952. The lowest BCUT2D eigenvalue weighted by atomic mass is 10.1. The van der Waals surface area contributed by atoms with Crippen LogP contribution in [0.3, 0.4) is 0 Å². The Labute approximate surface area is 187 Å². The topological polar surface area (TPSA) is 83.0 Å². The zero-order valence-electron chi connectivity index (χ0n) is 18.7. The number of hydrogen-bond donors (Lipinski definition) is 2. The van der Waals surface area contributed by atoms with Crippen LogP contribution >= 0.6 is 0 Å². The molecule has 32 heavy (non-hydrogen) atoms. The normalized spacial score (nSPS) is 17.4. The number of carbonyl (C=O) groups excluding carboxylic acids is 1. The number of aromatic amines is 1. The predicted octanol–water partition coefficient (Wildman–Crippen LogP) is 3.67. The van der Waals surface area contributed by atoms with Crippen molar-refractivity contribution in [1.29, 1.82) is 0 Å². The molecule has 0 spiro atoms. The summed E-state index contributed by atoms with van der Waals surface area (Å²) < 4.78 is 2.08. The Morgan fingerprint density at radius 2 is 1.97 bits per heavy atom. The van der Waals surface area contributed by atoms with E-state index in [2.05, 4.69) is 25.0 Å². The van der Waals surface area contributed by atoms with Crippen LogP contribution in [-0.4, -0.2) is 38.7 Å². The molecule has 1 aromatic carbocycles. The van der Waals surface area contributed by atoms with E-state index in [4.69, 9.17) is 0 Å². The van der Waals surface area contributed by atoms with Gasteiger partial charge in [0.25, 0.3) is 11.5 Å². The molecule has 1 aliphatic carbocycles. The Balaban J connectivity index is 1.37. The first-order chi connectivity index (χ1) is 15.6. The number of amides is 1. The number of likely N-dealkylation sites (tertiary alicyclic amines) is 1. The zero-order valence-corrected chi connectivity index (χ0v) is 18.7. The molecule has 2 fully saturated rings. The minimum atomic E-state index is -0.173. The number of rotatable bonds is 6. The molecule has 7 heteroatoms. The first kappa shape index (κ1) is 20.9. The first-order valence-corrected chi connectivity index (χ1v) is 11.8. The molecule has 2 aromatic heterocycles. The highest BCUT2D eigenvalue weighted by Gasteiger charge is 2.22. The number of carbonyl (C=O) groups is 1. The molecule has 2 N–H and O–H groups in total. The van der Waals surface area contributed by atoms with Gasteiger partial charge in [-0.05, 0) is 69.5 Å². The zero-order chi connectivity index (χ0) is 22.1. The quantitative estimate of drug-likeness (QED) is 0.621. The largest absolute Gasteiger partial charge is 0.348 e. The molecule has 3 aromatic rings. The fourth-order valence-corrected chi connectivity index (χ4v) is 5.27. The summed E-state index contributed by atoms with van der Waals surface area (Å²) in [6.07, 6.45) is 8.96. The van der Waals surface area contributed by atoms with Crippen molar-refractivity contribution in [1.82, 2.24) is 25.0 Å². The Hall–Kier alpha value is -2.93. The summed E-state index contributed by atoms with van der Waals surface area (Å²) >= 11 is 0. The van der Waals surface area contributed by atoms with Gasteiger partial charge in [0.15, 0.2) is 0 Å². The van der Waals surface area contributed by atoms with Crippen LogP contribution in [0.5, 0.6) is 0 Å². The fraction of sp³-hybridized carbons (Fsp3) is 0.480. The van der Waals surface area contributed by atoms with Crippen LogP contribution in [0.15, 0.2) is 35.3 Å². The van der Waals surface area contributed by atoms with E-state index in [1.165, 1.54) is 25.7 Å². The van der Waals surface area contributed by atoms with Gasteiger partial charge in [-0.15, -0.1) is 0 Å². The number of benzene rings is 1. The van der Waals surface area contributed by atoms with Gasteiger partial charge in [0, 0.05) is 29.7 Å². The second kappa shape index (κ2) is 8.90. The molecular weight excluding hydrogens is 402 g/mol. The second-order valence-corrected chi connectivity index (χ2v) is 9.22. The van der Waals surface area contributed by atoms with Crippen molar-refractivity contribution in [3.63, 3.8) is 0 Å². The Bertz CT molecular complexity index is 1180. The lowest BCUT2D eigenvalue weighted by Gasteiger charge is -2.18. The molecule has 1 saturated heterocycles. The van der Waals surface area contributed by atoms with Gasteiger partial charge in [-0.3, -0.25) is 19.2 Å². The van der Waals surface area contributed by atoms with Crippen molar-refractivity contribution in [3.8, 4) is 0 Å². The van der Waals surface area contributed by atoms with Gasteiger partial charge >= 0.3 is 0 Å². The average Bonchev–Trinajstić information content (AvgIpc) is 3.53. The molecule has 7 nitrogen and oxygen atoms in total. The number of aromatic nitrogens is 3. The number of H-pyrrole nitrogens is 1. The van der Waals surface area contributed by atoms with Crippen LogP contribution in [-0.2, 0) is 13.1 Å². The summed E-state index contributed by atoms with van der Waals surface area (Å²) in [5.74, 6) is -0.173. The maximum atomic E-state index is 13.1. The number of fused-ring (bicyclic) bond motifs is 1. The van der Waals surface area contributed by atoms with E-state index in [1.54, 1.807) is 6.20 Å². The molecule has 0 radical (unpaired) electrons. The van der Waals surface area contributed by atoms with E-state index >= 15 is 0 Å². The maximum absolute atomic E-state index is 13.1. The van der Waals surface area contributed by atoms with E-state index in [9.17, 15) is 9.59 Å². The van der Waals surface area contributed by atoms with Crippen LogP contribution < -0.4 is 10.9 Å². The number of aryl methyl sites for hydroxylation is 1. The highest BCUT2D eigenvalue weighted by atomic mass is 16.1. The standard InChI is InChI=1S/C25H31N5O2/c1-17-13-18(16-29-11-4-5-12-29)21(25(32)28-17)14-26-24(31)20-9-6-10-23-22(20)15-27-30(23)19-7-2-3-8-19/h6,9-10,13,15,19H,2-5,7-8,11-12,14,16H2,1H3,(H,26,31)(H,28,32). The molecule has 0 bridgehead atoms. The highest BCUT2D eigenvalue weighted by Crippen LogP contribution is 2.32. The van der Waals surface area contributed by atoms with Gasteiger partial charge in [-0.25, -0.2) is 0 Å². The van der Waals surface area contributed by atoms with Crippen molar-refractivity contribution < 1.29 is 4.79 Å². The van der Waals surface area contributed by atoms with Crippen LogP contribution in [0.25, 0.3) is 10.9 Å². The fourth-order valence-electron chi connectivity index (χ4n) is 5.27. The van der Waals surface area contributed by atoms with Crippen LogP contribution in [0.2, 0.25) is 0 Å². The van der Waals surface area contributed by atoms with E-state index in [0.717, 1.165) is 54.6 Å². The molecule has 2 aliphatic rings. The van der Waals surface area contributed by atoms with Gasteiger partial charge < -0.3 is 10.3 Å². The van der Waals surface area contributed by atoms with Crippen molar-refractivity contribution in [2.45, 2.75) is 64.6 Å². The van der Waals surface area contributed by atoms with Gasteiger partial charge in [-0.1, -0.05) is 18.9 Å². The number of nitrogens with one attached hydrogen (secondary N) is 2. The molecular formula is C25H31N5O2.